The van der Waals surface area contributed by atoms with Gasteiger partial charge in [-0.3, -0.25) is 4.99 Å². The van der Waals surface area contributed by atoms with Gasteiger partial charge in [0.2, 0.25) is 0 Å². The summed E-state index contributed by atoms with van der Waals surface area (Å²) in [4.78, 5) is 3.53. The molecule has 0 aromatic heterocycles. The first kappa shape index (κ1) is 11.7. The van der Waals surface area contributed by atoms with Gasteiger partial charge in [-0.25, -0.2) is 0 Å². The zero-order valence-electron chi connectivity index (χ0n) is 7.02. The summed E-state index contributed by atoms with van der Waals surface area (Å²) in [6.07, 6.45) is 3.22. The molecule has 0 unspecified atom stereocenters. The van der Waals surface area contributed by atoms with Crippen LogP contribution in [-0.2, 0) is 0 Å². The average Bonchev–Trinajstić information content (AvgIpc) is 1.93. The lowest BCUT2D eigenvalue weighted by Crippen LogP contribution is -1.98. The van der Waals surface area contributed by atoms with Crippen LogP contribution in [0.25, 0.3) is 0 Å². The van der Waals surface area contributed by atoms with Gasteiger partial charge in [-0.1, -0.05) is 20.4 Å². The third-order valence-corrected chi connectivity index (χ3v) is 0.615. The van der Waals surface area contributed by atoms with Crippen LogP contribution in [0.15, 0.2) is 29.7 Å². The van der Waals surface area contributed by atoms with Crippen molar-refractivity contribution in [2.45, 2.75) is 20.8 Å². The molecule has 58 valence electrons. The third kappa shape index (κ3) is 10.0. The Morgan fingerprint density at radius 2 is 2.00 bits per heavy atom. The van der Waals surface area contributed by atoms with Crippen LogP contribution in [0.5, 0.6) is 0 Å². The van der Waals surface area contributed by atoms with Gasteiger partial charge < -0.3 is 5.32 Å². The molecule has 0 radical (unpaired) electrons. The van der Waals surface area contributed by atoms with Crippen molar-refractivity contribution in [1.29, 1.82) is 0 Å². The van der Waals surface area contributed by atoms with Crippen molar-refractivity contribution < 1.29 is 0 Å². The predicted octanol–water partition coefficient (Wildman–Crippen LogP) is 2.31. The summed E-state index contributed by atoms with van der Waals surface area (Å²) in [5.74, 6) is 0. The lowest BCUT2D eigenvalue weighted by Gasteiger charge is -1.93. The molecule has 0 fully saturated rings. The fourth-order valence-corrected chi connectivity index (χ4v) is 0.335. The smallest absolute Gasteiger partial charge is 0.0450 e. The SMILES string of the molecule is C=CN/C(C)=C/N=C.CC. The number of allylic oxidation sites excluding steroid dienone is 1. The van der Waals surface area contributed by atoms with Gasteiger partial charge in [0.05, 0.1) is 0 Å². The van der Waals surface area contributed by atoms with Gasteiger partial charge >= 0.3 is 0 Å². The minimum atomic E-state index is 0.940. The molecule has 0 aromatic rings. The van der Waals surface area contributed by atoms with E-state index in [0.29, 0.717) is 0 Å². The summed E-state index contributed by atoms with van der Waals surface area (Å²) in [5.41, 5.74) is 0.940. The molecule has 2 heteroatoms. The average molecular weight is 140 g/mol. The predicted molar refractivity (Wildman–Crippen MR) is 48.0 cm³/mol. The Kier molecular flexibility index (Phi) is 12.7. The monoisotopic (exact) mass is 140 g/mol. The Labute approximate surface area is 63.4 Å². The molecule has 10 heavy (non-hydrogen) atoms. The van der Waals surface area contributed by atoms with Crippen LogP contribution in [0.3, 0.4) is 0 Å². The molecule has 0 aromatic carbocycles. The fraction of sp³-hybridized carbons (Fsp3) is 0.375. The molecule has 0 spiro atoms. The van der Waals surface area contributed by atoms with Crippen LogP contribution in [-0.4, -0.2) is 6.72 Å². The van der Waals surface area contributed by atoms with E-state index < -0.39 is 0 Å². The van der Waals surface area contributed by atoms with E-state index in [4.69, 9.17) is 0 Å². The van der Waals surface area contributed by atoms with E-state index in [1.54, 1.807) is 12.4 Å². The molecule has 1 N–H and O–H groups in total. The molecule has 0 aliphatic rings. The highest BCUT2D eigenvalue weighted by Gasteiger charge is 1.75. The van der Waals surface area contributed by atoms with E-state index in [1.165, 1.54) is 0 Å². The maximum absolute atomic E-state index is 3.53. The summed E-state index contributed by atoms with van der Waals surface area (Å²) >= 11 is 0. The molecule has 0 heterocycles. The van der Waals surface area contributed by atoms with E-state index in [0.717, 1.165) is 5.70 Å². The second kappa shape index (κ2) is 10.8. The maximum Gasteiger partial charge on any atom is 0.0450 e. The second-order valence-electron chi connectivity index (χ2n) is 1.34. The summed E-state index contributed by atoms with van der Waals surface area (Å²) in [6.45, 7) is 12.6. The van der Waals surface area contributed by atoms with Crippen LogP contribution in [0.2, 0.25) is 0 Å². The molecule has 0 amide bonds. The highest BCUT2D eigenvalue weighted by molar-refractivity contribution is 5.26. The van der Waals surface area contributed by atoms with E-state index in [-0.39, 0.29) is 0 Å². The Hall–Kier alpha value is -1.05. The number of hydrogen-bond acceptors (Lipinski definition) is 2. The molecule has 0 atom stereocenters. The number of nitrogens with zero attached hydrogens (tertiary/aromatic N) is 1. The molecular weight excluding hydrogens is 124 g/mol. The highest BCUT2D eigenvalue weighted by atomic mass is 14.9. The minimum absolute atomic E-state index is 0.940. The summed E-state index contributed by atoms with van der Waals surface area (Å²) in [7, 11) is 0. The Morgan fingerprint density at radius 1 is 1.50 bits per heavy atom. The Bertz CT molecular complexity index is 114. The van der Waals surface area contributed by atoms with Gasteiger partial charge in [0.15, 0.2) is 0 Å². The lowest BCUT2D eigenvalue weighted by atomic mass is 10.5. The molecule has 2 nitrogen and oxygen atoms in total. The Balaban J connectivity index is 0. The second-order valence-corrected chi connectivity index (χ2v) is 1.34. The maximum atomic E-state index is 3.53. The lowest BCUT2D eigenvalue weighted by molar-refractivity contribution is 1.05. The van der Waals surface area contributed by atoms with E-state index >= 15 is 0 Å². The van der Waals surface area contributed by atoms with Crippen LogP contribution < -0.4 is 5.32 Å². The van der Waals surface area contributed by atoms with Gasteiger partial charge in [-0.05, 0) is 19.8 Å². The largest absolute Gasteiger partial charge is 0.365 e. The van der Waals surface area contributed by atoms with Crippen molar-refractivity contribution in [3.63, 3.8) is 0 Å². The van der Waals surface area contributed by atoms with Gasteiger partial charge in [0.25, 0.3) is 0 Å². The molecule has 0 saturated heterocycles. The quantitative estimate of drug-likeness (QED) is 0.598. The van der Waals surface area contributed by atoms with E-state index in [1.807, 2.05) is 20.8 Å². The summed E-state index contributed by atoms with van der Waals surface area (Å²) in [5, 5.41) is 2.84. The summed E-state index contributed by atoms with van der Waals surface area (Å²) in [6, 6.07) is 0. The minimum Gasteiger partial charge on any atom is -0.365 e. The number of aliphatic imine (C=N–C) groups is 1. The number of nitrogens with one attached hydrogen (secondary N) is 1. The molecular formula is C8H16N2. The number of rotatable bonds is 3. The zero-order chi connectivity index (χ0) is 8.41. The molecule has 0 aliphatic heterocycles. The third-order valence-electron chi connectivity index (χ3n) is 0.615. The Morgan fingerprint density at radius 3 is 2.30 bits per heavy atom. The summed E-state index contributed by atoms with van der Waals surface area (Å²) < 4.78 is 0. The topological polar surface area (TPSA) is 24.4 Å². The first-order valence-corrected chi connectivity index (χ1v) is 3.31. The zero-order valence-corrected chi connectivity index (χ0v) is 7.02. The first-order chi connectivity index (χ1) is 4.81. The molecule has 0 bridgehead atoms. The molecule has 0 saturated carbocycles. The van der Waals surface area contributed by atoms with E-state index in [9.17, 15) is 0 Å². The van der Waals surface area contributed by atoms with Gasteiger partial charge in [-0.15, -0.1) is 0 Å². The number of hydrogen-bond donors (Lipinski definition) is 1. The standard InChI is InChI=1S/C6H10N2.C2H6/c1-4-8-6(2)5-7-3;1-2/h4-5,8H,1,3H2,2H3;1-2H3/b6-5+;. The first-order valence-electron chi connectivity index (χ1n) is 3.31. The molecule has 0 rings (SSSR count). The highest BCUT2D eigenvalue weighted by Crippen LogP contribution is 1.83. The van der Waals surface area contributed by atoms with Crippen molar-refractivity contribution in [3.05, 3.63) is 24.7 Å². The van der Waals surface area contributed by atoms with Crippen LogP contribution in [0.4, 0.5) is 0 Å². The van der Waals surface area contributed by atoms with Crippen molar-refractivity contribution in [1.82, 2.24) is 5.32 Å². The van der Waals surface area contributed by atoms with Gasteiger partial charge in [-0.2, -0.15) is 0 Å². The van der Waals surface area contributed by atoms with Gasteiger partial charge in [0.1, 0.15) is 0 Å². The fourth-order valence-electron chi connectivity index (χ4n) is 0.335. The van der Waals surface area contributed by atoms with Crippen molar-refractivity contribution in [3.8, 4) is 0 Å². The van der Waals surface area contributed by atoms with Crippen LogP contribution >= 0.6 is 0 Å². The van der Waals surface area contributed by atoms with Crippen LogP contribution in [0.1, 0.15) is 20.8 Å². The van der Waals surface area contributed by atoms with Gasteiger partial charge in [0, 0.05) is 11.9 Å². The van der Waals surface area contributed by atoms with Crippen molar-refractivity contribution >= 4 is 6.72 Å². The van der Waals surface area contributed by atoms with Crippen molar-refractivity contribution in [2.75, 3.05) is 0 Å². The normalized spacial score (nSPS) is 8.90. The van der Waals surface area contributed by atoms with Crippen molar-refractivity contribution in [2.24, 2.45) is 4.99 Å². The van der Waals surface area contributed by atoms with E-state index in [2.05, 4.69) is 23.6 Å². The molecule has 0 aliphatic carbocycles. The van der Waals surface area contributed by atoms with Crippen LogP contribution in [0, 0.1) is 0 Å².